The molecule has 0 aliphatic carbocycles. The quantitative estimate of drug-likeness (QED) is 0.657. The summed E-state index contributed by atoms with van der Waals surface area (Å²) in [6, 6.07) is 12.8. The highest BCUT2D eigenvalue weighted by atomic mass is 32.2. The zero-order chi connectivity index (χ0) is 20.6. The summed E-state index contributed by atoms with van der Waals surface area (Å²) >= 11 is 0. The molecule has 2 heterocycles. The van der Waals surface area contributed by atoms with Gasteiger partial charge in [0.05, 0.1) is 10.6 Å². The lowest BCUT2D eigenvalue weighted by atomic mass is 10.1. The van der Waals surface area contributed by atoms with Gasteiger partial charge in [0.1, 0.15) is 11.3 Å². The molecule has 29 heavy (non-hydrogen) atoms. The van der Waals surface area contributed by atoms with Crippen LogP contribution < -0.4 is 0 Å². The third-order valence-corrected chi connectivity index (χ3v) is 7.25. The van der Waals surface area contributed by atoms with Crippen molar-refractivity contribution in [3.63, 3.8) is 0 Å². The van der Waals surface area contributed by atoms with Gasteiger partial charge >= 0.3 is 0 Å². The summed E-state index contributed by atoms with van der Waals surface area (Å²) in [7, 11) is -3.61. The topological polar surface area (TPSA) is 83.7 Å². The largest absolute Gasteiger partial charge is 0.360 e. The molecule has 4 rings (SSSR count). The van der Waals surface area contributed by atoms with Crippen molar-refractivity contribution < 1.29 is 17.7 Å². The maximum Gasteiger partial charge on any atom is 0.259 e. The van der Waals surface area contributed by atoms with Crippen molar-refractivity contribution in [1.82, 2.24) is 14.4 Å². The Labute approximate surface area is 169 Å². The number of sulfonamides is 1. The highest BCUT2D eigenvalue weighted by molar-refractivity contribution is 7.89. The molecule has 0 atom stereocenters. The SMILES string of the molecule is CCc1onc(C)c1C(=O)N1CCN(S(=O)(=O)c2ccc3ccccc3c2)CC1. The van der Waals surface area contributed by atoms with E-state index >= 15 is 0 Å². The van der Waals surface area contributed by atoms with Crippen LogP contribution in [0.3, 0.4) is 0 Å². The number of fused-ring (bicyclic) bond motifs is 1. The standard InChI is InChI=1S/C21H23N3O4S/c1-3-19-20(15(2)22-28-19)21(25)23-10-12-24(13-11-23)29(26,27)18-9-8-16-6-4-5-7-17(16)14-18/h4-9,14H,3,10-13H2,1-2H3. The van der Waals surface area contributed by atoms with E-state index in [4.69, 9.17) is 4.52 Å². The molecular weight excluding hydrogens is 390 g/mol. The molecule has 0 N–H and O–H groups in total. The maximum atomic E-state index is 13.1. The summed E-state index contributed by atoms with van der Waals surface area (Å²) in [6.07, 6.45) is 0.582. The van der Waals surface area contributed by atoms with E-state index in [0.717, 1.165) is 10.8 Å². The van der Waals surface area contributed by atoms with Crippen LogP contribution in [0.25, 0.3) is 10.8 Å². The van der Waals surface area contributed by atoms with E-state index in [-0.39, 0.29) is 23.9 Å². The van der Waals surface area contributed by atoms with Crippen LogP contribution in [0.4, 0.5) is 0 Å². The third kappa shape index (κ3) is 3.54. The fourth-order valence-electron chi connectivity index (χ4n) is 3.70. The van der Waals surface area contributed by atoms with Crippen molar-refractivity contribution >= 4 is 26.7 Å². The first-order valence-electron chi connectivity index (χ1n) is 9.65. The molecule has 1 fully saturated rings. The molecule has 0 spiro atoms. The van der Waals surface area contributed by atoms with Gasteiger partial charge in [-0.2, -0.15) is 4.31 Å². The predicted molar refractivity (Wildman–Crippen MR) is 109 cm³/mol. The second-order valence-electron chi connectivity index (χ2n) is 7.12. The Morgan fingerprint density at radius 1 is 1.07 bits per heavy atom. The van der Waals surface area contributed by atoms with E-state index in [1.807, 2.05) is 37.3 Å². The fourth-order valence-corrected chi connectivity index (χ4v) is 5.16. The highest BCUT2D eigenvalue weighted by Crippen LogP contribution is 2.24. The molecule has 8 heteroatoms. The van der Waals surface area contributed by atoms with Gasteiger partial charge in [0.25, 0.3) is 5.91 Å². The lowest BCUT2D eigenvalue weighted by Crippen LogP contribution is -2.50. The summed E-state index contributed by atoms with van der Waals surface area (Å²) in [5, 5.41) is 5.78. The molecule has 1 aromatic heterocycles. The molecule has 0 bridgehead atoms. The van der Waals surface area contributed by atoms with E-state index in [1.54, 1.807) is 24.0 Å². The summed E-state index contributed by atoms with van der Waals surface area (Å²) in [5.41, 5.74) is 1.07. The number of aromatic nitrogens is 1. The van der Waals surface area contributed by atoms with Gasteiger partial charge in [0.2, 0.25) is 10.0 Å². The number of piperazine rings is 1. The van der Waals surface area contributed by atoms with Gasteiger partial charge in [-0.1, -0.05) is 42.4 Å². The van der Waals surface area contributed by atoms with E-state index in [0.29, 0.717) is 36.5 Å². The second kappa shape index (κ2) is 7.61. The molecule has 0 unspecified atom stereocenters. The Morgan fingerprint density at radius 3 is 2.45 bits per heavy atom. The number of benzene rings is 2. The van der Waals surface area contributed by atoms with Crippen LogP contribution in [0.2, 0.25) is 0 Å². The number of carbonyl (C=O) groups excluding carboxylic acids is 1. The smallest absolute Gasteiger partial charge is 0.259 e. The van der Waals surface area contributed by atoms with Crippen molar-refractivity contribution in [2.24, 2.45) is 0 Å². The highest BCUT2D eigenvalue weighted by Gasteiger charge is 2.32. The number of nitrogens with zero attached hydrogens (tertiary/aromatic N) is 3. The minimum Gasteiger partial charge on any atom is -0.360 e. The summed E-state index contributed by atoms with van der Waals surface area (Å²) in [6.45, 7) is 4.83. The van der Waals surface area contributed by atoms with Gasteiger partial charge in [0, 0.05) is 32.6 Å². The van der Waals surface area contributed by atoms with Crippen LogP contribution in [-0.4, -0.2) is 54.9 Å². The number of rotatable bonds is 4. The third-order valence-electron chi connectivity index (χ3n) is 5.35. The second-order valence-corrected chi connectivity index (χ2v) is 9.06. The molecule has 0 saturated carbocycles. The molecule has 1 amide bonds. The van der Waals surface area contributed by atoms with E-state index in [1.165, 1.54) is 4.31 Å². The van der Waals surface area contributed by atoms with Crippen LogP contribution in [0, 0.1) is 6.92 Å². The molecule has 0 radical (unpaired) electrons. The molecule has 3 aromatic rings. The van der Waals surface area contributed by atoms with Gasteiger partial charge in [-0.25, -0.2) is 8.42 Å². The van der Waals surface area contributed by atoms with Crippen molar-refractivity contribution in [2.75, 3.05) is 26.2 Å². The van der Waals surface area contributed by atoms with Gasteiger partial charge < -0.3 is 9.42 Å². The number of amides is 1. The van der Waals surface area contributed by atoms with Crippen molar-refractivity contribution in [2.45, 2.75) is 25.2 Å². The Bertz CT molecular complexity index is 1160. The summed E-state index contributed by atoms with van der Waals surface area (Å²) < 4.78 is 32.8. The van der Waals surface area contributed by atoms with Gasteiger partial charge in [-0.3, -0.25) is 4.79 Å². The molecule has 1 saturated heterocycles. The monoisotopic (exact) mass is 413 g/mol. The number of hydrogen-bond acceptors (Lipinski definition) is 5. The lowest BCUT2D eigenvalue weighted by Gasteiger charge is -2.34. The first-order chi connectivity index (χ1) is 13.9. The van der Waals surface area contributed by atoms with Crippen LogP contribution in [-0.2, 0) is 16.4 Å². The zero-order valence-corrected chi connectivity index (χ0v) is 17.3. The molecule has 2 aromatic carbocycles. The summed E-state index contributed by atoms with van der Waals surface area (Å²) in [5.74, 6) is 0.419. The molecule has 7 nitrogen and oxygen atoms in total. The number of aryl methyl sites for hydroxylation is 2. The van der Waals surface area contributed by atoms with Crippen molar-refractivity contribution in [3.8, 4) is 0 Å². The van der Waals surface area contributed by atoms with E-state index in [9.17, 15) is 13.2 Å². The normalized spacial score (nSPS) is 15.7. The Kier molecular flexibility index (Phi) is 5.14. The van der Waals surface area contributed by atoms with E-state index < -0.39 is 10.0 Å². The first-order valence-corrected chi connectivity index (χ1v) is 11.1. The minimum atomic E-state index is -3.61. The Balaban J connectivity index is 1.51. The number of carbonyl (C=O) groups is 1. The van der Waals surface area contributed by atoms with Crippen LogP contribution in [0.15, 0.2) is 51.9 Å². The Hall–Kier alpha value is -2.71. The zero-order valence-electron chi connectivity index (χ0n) is 16.5. The molecule has 1 aliphatic rings. The summed E-state index contributed by atoms with van der Waals surface area (Å²) in [4.78, 5) is 14.8. The average molecular weight is 413 g/mol. The van der Waals surface area contributed by atoms with Gasteiger partial charge in [-0.05, 0) is 29.8 Å². The predicted octanol–water partition coefficient (Wildman–Crippen LogP) is 2.85. The van der Waals surface area contributed by atoms with Gasteiger partial charge in [-0.15, -0.1) is 0 Å². The Morgan fingerprint density at radius 2 is 1.76 bits per heavy atom. The van der Waals surface area contributed by atoms with E-state index in [2.05, 4.69) is 5.16 Å². The fraction of sp³-hybridized carbons (Fsp3) is 0.333. The van der Waals surface area contributed by atoms with Crippen molar-refractivity contribution in [1.29, 1.82) is 0 Å². The first kappa shape index (κ1) is 19.6. The lowest BCUT2D eigenvalue weighted by molar-refractivity contribution is 0.0695. The van der Waals surface area contributed by atoms with Crippen molar-refractivity contribution in [3.05, 3.63) is 59.5 Å². The minimum absolute atomic E-state index is 0.150. The average Bonchev–Trinajstić information content (AvgIpc) is 3.13. The molecule has 152 valence electrons. The number of hydrogen-bond donors (Lipinski definition) is 0. The molecule has 1 aliphatic heterocycles. The van der Waals surface area contributed by atoms with Gasteiger partial charge in [0.15, 0.2) is 0 Å². The van der Waals surface area contributed by atoms with Crippen LogP contribution in [0.1, 0.15) is 28.7 Å². The van der Waals surface area contributed by atoms with Crippen LogP contribution >= 0.6 is 0 Å². The maximum absolute atomic E-state index is 13.1. The molecular formula is C21H23N3O4S. The van der Waals surface area contributed by atoms with Crippen LogP contribution in [0.5, 0.6) is 0 Å².